The van der Waals surface area contributed by atoms with Gasteiger partial charge in [-0.3, -0.25) is 4.79 Å². The van der Waals surface area contributed by atoms with E-state index in [-0.39, 0.29) is 17.9 Å². The van der Waals surface area contributed by atoms with Gasteiger partial charge in [0.25, 0.3) is 5.60 Å². The zero-order valence-corrected chi connectivity index (χ0v) is 17.1. The summed E-state index contributed by atoms with van der Waals surface area (Å²) < 4.78 is 16.4. The molecule has 8 nitrogen and oxygen atoms in total. The van der Waals surface area contributed by atoms with Crippen molar-refractivity contribution in [3.63, 3.8) is 0 Å². The molecular formula is C21H25NO7. The minimum Gasteiger partial charge on any atom is -0.475 e. The van der Waals surface area contributed by atoms with Crippen LogP contribution in [-0.2, 0) is 28.6 Å². The number of nitrogens with one attached hydrogen (secondary N) is 1. The molecule has 1 amide bonds. The number of aliphatic hydroxyl groups is 1. The monoisotopic (exact) mass is 403 g/mol. The zero-order valence-electron chi connectivity index (χ0n) is 17.1. The van der Waals surface area contributed by atoms with E-state index in [0.29, 0.717) is 11.3 Å². The van der Waals surface area contributed by atoms with Crippen molar-refractivity contribution in [3.05, 3.63) is 41.2 Å². The highest BCUT2D eigenvalue weighted by Crippen LogP contribution is 2.49. The van der Waals surface area contributed by atoms with Crippen LogP contribution in [0.3, 0.4) is 0 Å². The molecule has 3 atom stereocenters. The van der Waals surface area contributed by atoms with Crippen LogP contribution in [0.25, 0.3) is 0 Å². The maximum atomic E-state index is 13.1. The highest BCUT2D eigenvalue weighted by atomic mass is 16.6. The van der Waals surface area contributed by atoms with E-state index in [1.54, 1.807) is 52.0 Å². The van der Waals surface area contributed by atoms with E-state index in [1.165, 1.54) is 6.92 Å². The van der Waals surface area contributed by atoms with Crippen molar-refractivity contribution in [2.75, 3.05) is 11.9 Å². The topological polar surface area (TPSA) is 111 Å². The molecule has 2 N–H and O–H groups in total. The molecule has 0 aliphatic carbocycles. The fraction of sp³-hybridized carbons (Fsp3) is 0.476. The van der Waals surface area contributed by atoms with Gasteiger partial charge in [0, 0.05) is 5.69 Å². The minimum atomic E-state index is -2.14. The maximum Gasteiger partial charge on any atom is 0.354 e. The molecule has 2 aliphatic rings. The van der Waals surface area contributed by atoms with Gasteiger partial charge in [-0.05, 0) is 46.2 Å². The number of aliphatic hydroxyl groups excluding tert-OH is 1. The fourth-order valence-corrected chi connectivity index (χ4v) is 3.73. The predicted octanol–water partition coefficient (Wildman–Crippen LogP) is 2.03. The highest BCUT2D eigenvalue weighted by molar-refractivity contribution is 6.08. The zero-order chi connectivity index (χ0) is 21.6. The molecule has 0 aromatic heterocycles. The van der Waals surface area contributed by atoms with Crippen molar-refractivity contribution in [2.24, 2.45) is 0 Å². The number of carbonyl (C=O) groups excluding carboxylic acids is 3. The molecule has 0 bridgehead atoms. The summed E-state index contributed by atoms with van der Waals surface area (Å²) in [6.45, 7) is 8.10. The molecule has 2 heterocycles. The number of ether oxygens (including phenoxy) is 3. The van der Waals surface area contributed by atoms with Crippen LogP contribution in [0.4, 0.5) is 5.69 Å². The Morgan fingerprint density at radius 3 is 2.55 bits per heavy atom. The molecule has 1 aromatic carbocycles. The number of allylic oxidation sites excluding steroid dienone is 1. The summed E-state index contributed by atoms with van der Waals surface area (Å²) in [7, 11) is 0. The van der Waals surface area contributed by atoms with Crippen LogP contribution in [-0.4, -0.2) is 46.9 Å². The Balaban J connectivity index is 2.10. The van der Waals surface area contributed by atoms with E-state index >= 15 is 0 Å². The Bertz CT molecular complexity index is 899. The van der Waals surface area contributed by atoms with Gasteiger partial charge in [-0.15, -0.1) is 0 Å². The van der Waals surface area contributed by atoms with Crippen molar-refractivity contribution in [2.45, 2.75) is 57.8 Å². The van der Waals surface area contributed by atoms with Crippen LogP contribution in [0.2, 0.25) is 0 Å². The Labute approximate surface area is 168 Å². The van der Waals surface area contributed by atoms with Crippen LogP contribution in [0.1, 0.15) is 46.1 Å². The number of fused-ring (bicyclic) bond motifs is 1. The van der Waals surface area contributed by atoms with E-state index in [2.05, 4.69) is 5.32 Å². The number of anilines is 1. The standard InChI is InChI=1S/C21H25NO7/c1-6-27-19(26)21(15-12-9-7-8-10-13(12)22-17(15)24)16(23)14(11(2)28-21)18(25)29-20(3,4)5/h7-10,15-16,23H,6H2,1-5H3,(H,22,24)/t15-,16+,21+/m1/s1. The first kappa shape index (κ1) is 20.9. The van der Waals surface area contributed by atoms with Gasteiger partial charge in [-0.2, -0.15) is 0 Å². The average molecular weight is 403 g/mol. The lowest BCUT2D eigenvalue weighted by atomic mass is 9.77. The molecular weight excluding hydrogens is 378 g/mol. The molecule has 8 heteroatoms. The first-order valence-electron chi connectivity index (χ1n) is 9.41. The van der Waals surface area contributed by atoms with E-state index in [4.69, 9.17) is 14.2 Å². The van der Waals surface area contributed by atoms with E-state index < -0.39 is 41.1 Å². The van der Waals surface area contributed by atoms with Crippen LogP contribution in [0.5, 0.6) is 0 Å². The Morgan fingerprint density at radius 1 is 1.28 bits per heavy atom. The summed E-state index contributed by atoms with van der Waals surface area (Å²) in [5, 5.41) is 13.9. The molecule has 2 aliphatic heterocycles. The average Bonchev–Trinajstić information content (AvgIpc) is 3.07. The molecule has 0 spiro atoms. The third-order valence-corrected chi connectivity index (χ3v) is 4.81. The van der Waals surface area contributed by atoms with Gasteiger partial charge in [-0.25, -0.2) is 9.59 Å². The van der Waals surface area contributed by atoms with Gasteiger partial charge in [-0.1, -0.05) is 18.2 Å². The number of benzene rings is 1. The first-order chi connectivity index (χ1) is 13.5. The van der Waals surface area contributed by atoms with Crippen molar-refractivity contribution in [1.82, 2.24) is 0 Å². The number of carbonyl (C=O) groups is 3. The number of amides is 1. The molecule has 0 saturated heterocycles. The summed E-state index contributed by atoms with van der Waals surface area (Å²) >= 11 is 0. The lowest BCUT2D eigenvalue weighted by molar-refractivity contribution is -0.179. The molecule has 1 aromatic rings. The Kier molecular flexibility index (Phi) is 5.17. The number of esters is 2. The Morgan fingerprint density at radius 2 is 1.93 bits per heavy atom. The minimum absolute atomic E-state index is 0.00741. The summed E-state index contributed by atoms with van der Waals surface area (Å²) in [4.78, 5) is 38.6. The van der Waals surface area contributed by atoms with Gasteiger partial charge in [0.1, 0.15) is 29.0 Å². The van der Waals surface area contributed by atoms with Crippen LogP contribution in [0.15, 0.2) is 35.6 Å². The third kappa shape index (κ3) is 3.37. The second-order valence-electron chi connectivity index (χ2n) is 8.00. The second-order valence-corrected chi connectivity index (χ2v) is 8.00. The van der Waals surface area contributed by atoms with Gasteiger partial charge >= 0.3 is 11.9 Å². The smallest absolute Gasteiger partial charge is 0.354 e. The lowest BCUT2D eigenvalue weighted by Crippen LogP contribution is -2.56. The van der Waals surface area contributed by atoms with E-state index in [9.17, 15) is 19.5 Å². The molecule has 3 rings (SSSR count). The number of hydrogen-bond donors (Lipinski definition) is 2. The molecule has 0 saturated carbocycles. The molecule has 156 valence electrons. The largest absolute Gasteiger partial charge is 0.475 e. The number of para-hydroxylation sites is 1. The van der Waals surface area contributed by atoms with Crippen LogP contribution in [0, 0.1) is 0 Å². The van der Waals surface area contributed by atoms with Crippen molar-refractivity contribution in [1.29, 1.82) is 0 Å². The van der Waals surface area contributed by atoms with Crippen LogP contribution >= 0.6 is 0 Å². The second kappa shape index (κ2) is 7.18. The van der Waals surface area contributed by atoms with Crippen molar-refractivity contribution in [3.8, 4) is 0 Å². The first-order valence-corrected chi connectivity index (χ1v) is 9.41. The normalized spacial score (nSPS) is 25.9. The number of rotatable bonds is 4. The van der Waals surface area contributed by atoms with E-state index in [1.807, 2.05) is 0 Å². The summed E-state index contributed by atoms with van der Waals surface area (Å²) in [5.74, 6) is -3.47. The Hall–Kier alpha value is -2.87. The molecule has 0 radical (unpaired) electrons. The summed E-state index contributed by atoms with van der Waals surface area (Å²) in [5.41, 5.74) is -2.18. The van der Waals surface area contributed by atoms with Crippen molar-refractivity contribution < 1.29 is 33.7 Å². The molecule has 0 fully saturated rings. The predicted molar refractivity (Wildman–Crippen MR) is 103 cm³/mol. The third-order valence-electron chi connectivity index (χ3n) is 4.81. The SMILES string of the molecule is CCOC(=O)[C@@]1([C@H]2C(=O)Nc3ccccc32)OC(C)=C(C(=O)OC(C)(C)C)[C@@H]1O. The molecule has 0 unspecified atom stereocenters. The van der Waals surface area contributed by atoms with Gasteiger partial charge in [0.2, 0.25) is 5.91 Å². The number of hydrogen-bond acceptors (Lipinski definition) is 7. The quantitative estimate of drug-likeness (QED) is 0.740. The van der Waals surface area contributed by atoms with Crippen molar-refractivity contribution >= 4 is 23.5 Å². The van der Waals surface area contributed by atoms with Gasteiger partial charge in [0.05, 0.1) is 6.61 Å². The highest BCUT2D eigenvalue weighted by Gasteiger charge is 2.66. The molecule has 29 heavy (non-hydrogen) atoms. The van der Waals surface area contributed by atoms with E-state index in [0.717, 1.165) is 0 Å². The van der Waals surface area contributed by atoms with Gasteiger partial charge < -0.3 is 24.6 Å². The maximum absolute atomic E-state index is 13.1. The van der Waals surface area contributed by atoms with Gasteiger partial charge in [0.15, 0.2) is 0 Å². The van der Waals surface area contributed by atoms with Crippen LogP contribution < -0.4 is 5.32 Å². The summed E-state index contributed by atoms with van der Waals surface area (Å²) in [6, 6.07) is 6.79. The lowest BCUT2D eigenvalue weighted by Gasteiger charge is -2.34. The summed E-state index contributed by atoms with van der Waals surface area (Å²) in [6.07, 6.45) is -1.75. The fourth-order valence-electron chi connectivity index (χ4n) is 3.73.